The van der Waals surface area contributed by atoms with Crippen LogP contribution in [0.3, 0.4) is 0 Å². The summed E-state index contributed by atoms with van der Waals surface area (Å²) in [5, 5.41) is 12.4. The highest BCUT2D eigenvalue weighted by Crippen LogP contribution is 2.24. The maximum atomic E-state index is 11.1. The molecule has 3 nitrogen and oxygen atoms in total. The number of aliphatic hydroxyl groups is 1. The summed E-state index contributed by atoms with van der Waals surface area (Å²) in [5.41, 5.74) is 0.431. The molecule has 1 amide bonds. The number of carbonyl (C=O) groups is 1. The Balaban J connectivity index is 2.20. The van der Waals surface area contributed by atoms with Crippen molar-refractivity contribution in [2.75, 3.05) is 0 Å². The molecule has 15 heavy (non-hydrogen) atoms. The van der Waals surface area contributed by atoms with Gasteiger partial charge in [-0.05, 0) is 12.5 Å². The van der Waals surface area contributed by atoms with Gasteiger partial charge in [0.1, 0.15) is 5.76 Å². The van der Waals surface area contributed by atoms with Crippen molar-refractivity contribution in [3.8, 4) is 0 Å². The lowest BCUT2D eigenvalue weighted by atomic mass is 9.92. The van der Waals surface area contributed by atoms with Gasteiger partial charge in [-0.3, -0.25) is 4.79 Å². The summed E-state index contributed by atoms with van der Waals surface area (Å²) in [6.45, 7) is 1.82. The molecule has 0 bridgehead atoms. The largest absolute Gasteiger partial charge is 0.510 e. The molecule has 0 aliphatic carbocycles. The van der Waals surface area contributed by atoms with Gasteiger partial charge in [0.2, 0.25) is 5.91 Å². The van der Waals surface area contributed by atoms with E-state index in [0.717, 1.165) is 5.56 Å². The Bertz CT molecular complexity index is 411. The first-order valence-electron chi connectivity index (χ1n) is 4.87. The first-order chi connectivity index (χ1) is 7.10. The van der Waals surface area contributed by atoms with Gasteiger partial charge in [-0.1, -0.05) is 30.3 Å². The lowest BCUT2D eigenvalue weighted by molar-refractivity contribution is -0.116. The van der Waals surface area contributed by atoms with Crippen LogP contribution in [0, 0.1) is 0 Å². The second-order valence-electron chi connectivity index (χ2n) is 4.01. The highest BCUT2D eigenvalue weighted by atomic mass is 16.3. The minimum Gasteiger partial charge on any atom is -0.510 e. The topological polar surface area (TPSA) is 49.3 Å². The first-order valence-corrected chi connectivity index (χ1v) is 4.87. The average Bonchev–Trinajstić information content (AvgIpc) is 2.41. The second-order valence-corrected chi connectivity index (χ2v) is 4.01. The Hall–Kier alpha value is -1.77. The third kappa shape index (κ3) is 1.86. The molecule has 2 rings (SSSR count). The van der Waals surface area contributed by atoms with Crippen LogP contribution in [0.1, 0.15) is 12.5 Å². The number of amides is 1. The molecule has 3 heteroatoms. The Morgan fingerprint density at radius 3 is 2.53 bits per heavy atom. The van der Waals surface area contributed by atoms with E-state index in [0.29, 0.717) is 6.42 Å². The van der Waals surface area contributed by atoms with Crippen LogP contribution in [0.2, 0.25) is 0 Å². The second kappa shape index (κ2) is 3.42. The van der Waals surface area contributed by atoms with E-state index in [-0.39, 0.29) is 11.7 Å². The van der Waals surface area contributed by atoms with Gasteiger partial charge in [-0.25, -0.2) is 0 Å². The van der Waals surface area contributed by atoms with Crippen molar-refractivity contribution in [3.63, 3.8) is 0 Å². The van der Waals surface area contributed by atoms with Crippen molar-refractivity contribution in [3.05, 3.63) is 47.7 Å². The lowest BCUT2D eigenvalue weighted by Crippen LogP contribution is -2.43. The number of hydrogen-bond donors (Lipinski definition) is 2. The molecule has 0 saturated carbocycles. The van der Waals surface area contributed by atoms with Gasteiger partial charge in [0.15, 0.2) is 0 Å². The SMILES string of the molecule is CC1(Cc2ccccc2)NC(=O)C=C1O. The summed E-state index contributed by atoms with van der Waals surface area (Å²) >= 11 is 0. The van der Waals surface area contributed by atoms with E-state index in [2.05, 4.69) is 5.32 Å². The summed E-state index contributed by atoms with van der Waals surface area (Å²) in [4.78, 5) is 11.1. The van der Waals surface area contributed by atoms with Crippen LogP contribution in [0.5, 0.6) is 0 Å². The predicted octanol–water partition coefficient (Wildman–Crippen LogP) is 1.56. The van der Waals surface area contributed by atoms with Crippen LogP contribution >= 0.6 is 0 Å². The number of hydrogen-bond acceptors (Lipinski definition) is 2. The maximum Gasteiger partial charge on any atom is 0.248 e. The number of aliphatic hydroxyl groups excluding tert-OH is 1. The predicted molar refractivity (Wildman–Crippen MR) is 57.4 cm³/mol. The molecule has 0 saturated heterocycles. The average molecular weight is 203 g/mol. The molecule has 0 aromatic heterocycles. The van der Waals surface area contributed by atoms with Crippen LogP contribution in [0.25, 0.3) is 0 Å². The van der Waals surface area contributed by atoms with E-state index in [1.54, 1.807) is 0 Å². The highest BCUT2D eigenvalue weighted by molar-refractivity contribution is 5.92. The third-order valence-electron chi connectivity index (χ3n) is 2.63. The molecule has 1 atom stereocenters. The normalized spacial score (nSPS) is 24.9. The molecule has 0 spiro atoms. The van der Waals surface area contributed by atoms with E-state index < -0.39 is 5.54 Å². The molecular formula is C12H13NO2. The smallest absolute Gasteiger partial charge is 0.248 e. The molecule has 0 radical (unpaired) electrons. The zero-order valence-electron chi connectivity index (χ0n) is 8.53. The van der Waals surface area contributed by atoms with E-state index >= 15 is 0 Å². The number of benzene rings is 1. The van der Waals surface area contributed by atoms with Gasteiger partial charge in [0.25, 0.3) is 0 Å². The van der Waals surface area contributed by atoms with Crippen molar-refractivity contribution in [1.29, 1.82) is 0 Å². The Kier molecular flexibility index (Phi) is 2.23. The van der Waals surface area contributed by atoms with Crippen molar-refractivity contribution < 1.29 is 9.90 Å². The summed E-state index contributed by atoms with van der Waals surface area (Å²) in [6, 6.07) is 9.77. The summed E-state index contributed by atoms with van der Waals surface area (Å²) in [7, 11) is 0. The minimum atomic E-state index is -0.654. The number of carbonyl (C=O) groups excluding carboxylic acids is 1. The molecule has 1 aromatic carbocycles. The standard InChI is InChI=1S/C12H13NO2/c1-12(10(14)7-11(15)13-12)8-9-5-3-2-4-6-9/h2-7,14H,8H2,1H3,(H,13,15). The Morgan fingerprint density at radius 1 is 1.33 bits per heavy atom. The van der Waals surface area contributed by atoms with Crippen molar-refractivity contribution in [1.82, 2.24) is 5.32 Å². The Morgan fingerprint density at radius 2 is 2.00 bits per heavy atom. The molecule has 1 aliphatic rings. The molecule has 78 valence electrons. The summed E-state index contributed by atoms with van der Waals surface area (Å²) in [6.07, 6.45) is 1.84. The van der Waals surface area contributed by atoms with Crippen molar-refractivity contribution in [2.24, 2.45) is 0 Å². The van der Waals surface area contributed by atoms with Crippen LogP contribution < -0.4 is 5.32 Å². The molecule has 2 N–H and O–H groups in total. The van der Waals surface area contributed by atoms with Crippen molar-refractivity contribution >= 4 is 5.91 Å². The summed E-state index contributed by atoms with van der Waals surface area (Å²) < 4.78 is 0. The van der Waals surface area contributed by atoms with Crippen LogP contribution in [-0.4, -0.2) is 16.6 Å². The number of nitrogens with one attached hydrogen (secondary N) is 1. The highest BCUT2D eigenvalue weighted by Gasteiger charge is 2.36. The first kappa shape index (κ1) is 9.77. The Labute approximate surface area is 88.4 Å². The van der Waals surface area contributed by atoms with E-state index in [1.165, 1.54) is 6.08 Å². The van der Waals surface area contributed by atoms with Gasteiger partial charge in [-0.2, -0.15) is 0 Å². The fraction of sp³-hybridized carbons (Fsp3) is 0.250. The lowest BCUT2D eigenvalue weighted by Gasteiger charge is -2.24. The van der Waals surface area contributed by atoms with E-state index in [1.807, 2.05) is 37.3 Å². The van der Waals surface area contributed by atoms with Gasteiger partial charge in [0, 0.05) is 12.5 Å². The third-order valence-corrected chi connectivity index (χ3v) is 2.63. The molecule has 1 aliphatic heterocycles. The van der Waals surface area contributed by atoms with Gasteiger partial charge in [-0.15, -0.1) is 0 Å². The zero-order chi connectivity index (χ0) is 10.9. The fourth-order valence-corrected chi connectivity index (χ4v) is 1.79. The van der Waals surface area contributed by atoms with E-state index in [9.17, 15) is 9.90 Å². The van der Waals surface area contributed by atoms with Gasteiger partial charge in [0.05, 0.1) is 5.54 Å². The quantitative estimate of drug-likeness (QED) is 0.766. The van der Waals surface area contributed by atoms with Gasteiger partial charge >= 0.3 is 0 Å². The maximum absolute atomic E-state index is 11.1. The molecule has 1 heterocycles. The zero-order valence-corrected chi connectivity index (χ0v) is 8.53. The van der Waals surface area contributed by atoms with Crippen LogP contribution in [0.4, 0.5) is 0 Å². The molecular weight excluding hydrogens is 190 g/mol. The van der Waals surface area contributed by atoms with E-state index in [4.69, 9.17) is 0 Å². The molecule has 0 fully saturated rings. The molecule has 1 unspecified atom stereocenters. The minimum absolute atomic E-state index is 0.108. The van der Waals surface area contributed by atoms with Crippen LogP contribution in [-0.2, 0) is 11.2 Å². The van der Waals surface area contributed by atoms with Crippen LogP contribution in [0.15, 0.2) is 42.2 Å². The fourth-order valence-electron chi connectivity index (χ4n) is 1.79. The number of rotatable bonds is 2. The van der Waals surface area contributed by atoms with Gasteiger partial charge < -0.3 is 10.4 Å². The molecule has 1 aromatic rings. The van der Waals surface area contributed by atoms with Crippen molar-refractivity contribution in [2.45, 2.75) is 18.9 Å². The summed E-state index contributed by atoms with van der Waals surface area (Å²) in [5.74, 6) is -0.123. The monoisotopic (exact) mass is 203 g/mol.